The second-order valence-electron chi connectivity index (χ2n) is 5.99. The summed E-state index contributed by atoms with van der Waals surface area (Å²) < 4.78 is 18.5. The van der Waals surface area contributed by atoms with Crippen LogP contribution in [0.15, 0.2) is 42.5 Å². The maximum absolute atomic E-state index is 13.1. The standard InChI is InChI=1S/C19H22FN3O3/c1-13-9-15(20)7-8-17(13)22-19(25)21-11-14-5-4-6-16(10-14)26-12-18(24)23(2)3/h4-10H,11-12H2,1-3H3,(H2,21,22,25). The SMILES string of the molecule is Cc1cc(F)ccc1NC(=O)NCc1cccc(OCC(=O)N(C)C)c1. The highest BCUT2D eigenvalue weighted by atomic mass is 19.1. The number of anilines is 1. The van der Waals surface area contributed by atoms with Gasteiger partial charge in [0, 0.05) is 26.3 Å². The molecule has 0 radical (unpaired) electrons. The van der Waals surface area contributed by atoms with E-state index in [1.165, 1.54) is 23.1 Å². The zero-order valence-corrected chi connectivity index (χ0v) is 15.0. The molecule has 0 saturated carbocycles. The third kappa shape index (κ3) is 5.77. The van der Waals surface area contributed by atoms with Crippen molar-refractivity contribution in [2.45, 2.75) is 13.5 Å². The van der Waals surface area contributed by atoms with Crippen molar-refractivity contribution in [1.29, 1.82) is 0 Å². The molecular formula is C19H22FN3O3. The molecule has 2 N–H and O–H groups in total. The van der Waals surface area contributed by atoms with E-state index < -0.39 is 6.03 Å². The average molecular weight is 359 g/mol. The summed E-state index contributed by atoms with van der Waals surface area (Å²) in [7, 11) is 3.32. The van der Waals surface area contributed by atoms with Crippen molar-refractivity contribution in [3.05, 3.63) is 59.4 Å². The highest BCUT2D eigenvalue weighted by molar-refractivity contribution is 5.90. The largest absolute Gasteiger partial charge is 0.484 e. The van der Waals surface area contributed by atoms with Crippen molar-refractivity contribution >= 4 is 17.6 Å². The lowest BCUT2D eigenvalue weighted by molar-refractivity contribution is -0.130. The molecule has 2 aromatic rings. The topological polar surface area (TPSA) is 70.7 Å². The second-order valence-corrected chi connectivity index (χ2v) is 5.99. The molecule has 0 atom stereocenters. The van der Waals surface area contributed by atoms with Crippen LogP contribution in [0, 0.1) is 12.7 Å². The van der Waals surface area contributed by atoms with Gasteiger partial charge in [-0.15, -0.1) is 0 Å². The Morgan fingerprint density at radius 1 is 1.15 bits per heavy atom. The Morgan fingerprint density at radius 3 is 2.62 bits per heavy atom. The van der Waals surface area contributed by atoms with E-state index in [-0.39, 0.29) is 24.9 Å². The number of aryl methyl sites for hydroxylation is 1. The molecule has 0 aliphatic carbocycles. The van der Waals surface area contributed by atoms with E-state index in [0.717, 1.165) is 5.56 Å². The van der Waals surface area contributed by atoms with E-state index >= 15 is 0 Å². The Labute approximate surface area is 152 Å². The third-order valence-corrected chi connectivity index (χ3v) is 3.65. The van der Waals surface area contributed by atoms with Gasteiger partial charge in [-0.2, -0.15) is 0 Å². The molecule has 0 bridgehead atoms. The van der Waals surface area contributed by atoms with E-state index in [0.29, 0.717) is 17.0 Å². The number of nitrogens with one attached hydrogen (secondary N) is 2. The normalized spacial score (nSPS) is 10.2. The lowest BCUT2D eigenvalue weighted by Crippen LogP contribution is -2.28. The highest BCUT2D eigenvalue weighted by Crippen LogP contribution is 2.16. The average Bonchev–Trinajstić information content (AvgIpc) is 2.60. The molecule has 0 fully saturated rings. The Balaban J connectivity index is 1.87. The third-order valence-electron chi connectivity index (χ3n) is 3.65. The zero-order chi connectivity index (χ0) is 19.1. The summed E-state index contributed by atoms with van der Waals surface area (Å²) in [5.41, 5.74) is 2.01. The van der Waals surface area contributed by atoms with Gasteiger partial charge < -0.3 is 20.3 Å². The van der Waals surface area contributed by atoms with Gasteiger partial charge in [0.15, 0.2) is 6.61 Å². The van der Waals surface area contributed by atoms with Crippen LogP contribution in [-0.4, -0.2) is 37.5 Å². The van der Waals surface area contributed by atoms with E-state index in [9.17, 15) is 14.0 Å². The molecule has 0 aliphatic heterocycles. The molecule has 0 spiro atoms. The van der Waals surface area contributed by atoms with Crippen molar-refractivity contribution < 1.29 is 18.7 Å². The van der Waals surface area contributed by atoms with Crippen LogP contribution in [0.2, 0.25) is 0 Å². The number of nitrogens with zero attached hydrogens (tertiary/aromatic N) is 1. The second kappa shape index (κ2) is 8.84. The van der Waals surface area contributed by atoms with Crippen LogP contribution >= 0.6 is 0 Å². The predicted octanol–water partition coefficient (Wildman–Crippen LogP) is 2.92. The Bertz CT molecular complexity index is 793. The Morgan fingerprint density at radius 2 is 1.92 bits per heavy atom. The van der Waals surface area contributed by atoms with Gasteiger partial charge in [0.25, 0.3) is 5.91 Å². The van der Waals surface area contributed by atoms with Crippen LogP contribution in [0.3, 0.4) is 0 Å². The minimum Gasteiger partial charge on any atom is -0.484 e. The van der Waals surface area contributed by atoms with Gasteiger partial charge >= 0.3 is 6.03 Å². The predicted molar refractivity (Wildman–Crippen MR) is 97.6 cm³/mol. The summed E-state index contributed by atoms with van der Waals surface area (Å²) in [6.45, 7) is 1.95. The van der Waals surface area contributed by atoms with E-state index in [1.54, 1.807) is 39.2 Å². The molecule has 26 heavy (non-hydrogen) atoms. The van der Waals surface area contributed by atoms with Gasteiger partial charge in [0.2, 0.25) is 0 Å². The van der Waals surface area contributed by atoms with Crippen LogP contribution in [0.1, 0.15) is 11.1 Å². The first kappa shape index (κ1) is 19.2. The molecule has 6 nitrogen and oxygen atoms in total. The fourth-order valence-corrected chi connectivity index (χ4v) is 2.14. The zero-order valence-electron chi connectivity index (χ0n) is 15.0. The number of rotatable bonds is 6. The summed E-state index contributed by atoms with van der Waals surface area (Å²) in [6.07, 6.45) is 0. The molecule has 0 saturated heterocycles. The molecule has 0 aliphatic rings. The maximum Gasteiger partial charge on any atom is 0.319 e. The molecule has 0 heterocycles. The number of carbonyl (C=O) groups excluding carboxylic acids is 2. The van der Waals surface area contributed by atoms with Crippen molar-refractivity contribution in [2.24, 2.45) is 0 Å². The fourth-order valence-electron chi connectivity index (χ4n) is 2.14. The monoisotopic (exact) mass is 359 g/mol. The van der Waals surface area contributed by atoms with Gasteiger partial charge in [-0.3, -0.25) is 4.79 Å². The smallest absolute Gasteiger partial charge is 0.319 e. The summed E-state index contributed by atoms with van der Waals surface area (Å²) in [6, 6.07) is 10.9. The van der Waals surface area contributed by atoms with Crippen molar-refractivity contribution in [3.8, 4) is 5.75 Å². The minimum atomic E-state index is -0.395. The molecule has 138 valence electrons. The van der Waals surface area contributed by atoms with Crippen molar-refractivity contribution in [3.63, 3.8) is 0 Å². The lowest BCUT2D eigenvalue weighted by atomic mass is 10.2. The molecule has 0 unspecified atom stereocenters. The molecule has 2 rings (SSSR count). The fraction of sp³-hybridized carbons (Fsp3) is 0.263. The summed E-state index contributed by atoms with van der Waals surface area (Å²) >= 11 is 0. The molecule has 3 amide bonds. The van der Waals surface area contributed by atoms with Gasteiger partial charge in [-0.25, -0.2) is 9.18 Å². The summed E-state index contributed by atoms with van der Waals surface area (Å²) in [5, 5.41) is 5.40. The molecular weight excluding hydrogens is 337 g/mol. The van der Waals surface area contributed by atoms with Crippen LogP contribution < -0.4 is 15.4 Å². The lowest BCUT2D eigenvalue weighted by Gasteiger charge is -2.12. The first-order valence-electron chi connectivity index (χ1n) is 8.08. The van der Waals surface area contributed by atoms with Crippen LogP contribution in [-0.2, 0) is 11.3 Å². The first-order valence-corrected chi connectivity index (χ1v) is 8.08. The van der Waals surface area contributed by atoms with E-state index in [4.69, 9.17) is 4.74 Å². The number of hydrogen-bond acceptors (Lipinski definition) is 3. The van der Waals surface area contributed by atoms with Crippen molar-refractivity contribution in [2.75, 3.05) is 26.0 Å². The number of benzene rings is 2. The number of urea groups is 1. The summed E-state index contributed by atoms with van der Waals surface area (Å²) in [4.78, 5) is 25.0. The molecule has 7 heteroatoms. The number of ether oxygens (including phenoxy) is 1. The number of carbonyl (C=O) groups is 2. The quantitative estimate of drug-likeness (QED) is 0.833. The number of likely N-dealkylation sites (N-methyl/N-ethyl adjacent to an activating group) is 1. The summed E-state index contributed by atoms with van der Waals surface area (Å²) in [5.74, 6) is 0.0647. The first-order chi connectivity index (χ1) is 12.3. The van der Waals surface area contributed by atoms with Gasteiger partial charge in [0.1, 0.15) is 11.6 Å². The van der Waals surface area contributed by atoms with E-state index in [1.807, 2.05) is 6.07 Å². The van der Waals surface area contributed by atoms with Crippen molar-refractivity contribution in [1.82, 2.24) is 10.2 Å². The van der Waals surface area contributed by atoms with Gasteiger partial charge in [-0.1, -0.05) is 12.1 Å². The maximum atomic E-state index is 13.1. The van der Waals surface area contributed by atoms with Crippen LogP contribution in [0.5, 0.6) is 5.75 Å². The van der Waals surface area contributed by atoms with Gasteiger partial charge in [0.05, 0.1) is 0 Å². The molecule has 0 aromatic heterocycles. The molecule has 2 aromatic carbocycles. The van der Waals surface area contributed by atoms with Crippen LogP contribution in [0.25, 0.3) is 0 Å². The van der Waals surface area contributed by atoms with Crippen LogP contribution in [0.4, 0.5) is 14.9 Å². The van der Waals surface area contributed by atoms with Gasteiger partial charge in [-0.05, 0) is 48.4 Å². The minimum absolute atomic E-state index is 0.0474. The number of halogens is 1. The highest BCUT2D eigenvalue weighted by Gasteiger charge is 2.07. The number of amides is 3. The van der Waals surface area contributed by atoms with E-state index in [2.05, 4.69) is 10.6 Å². The number of hydrogen-bond donors (Lipinski definition) is 2. The Kier molecular flexibility index (Phi) is 6.54. The Hall–Kier alpha value is -3.09.